The van der Waals surface area contributed by atoms with Gasteiger partial charge in [0.05, 0.1) is 48.9 Å². The zero-order valence-electron chi connectivity index (χ0n) is 35.3. The molecule has 1 spiro atoms. The van der Waals surface area contributed by atoms with Crippen LogP contribution in [0.5, 0.6) is 0 Å². The standard InChI is InChI=1S/C40H65NO15/c1-18-16-40(17-48-40)37(45)22(5)33(52-26(9)42)20(3)24(7)51-38(46)23(6)34(55-31-15-30(47-13)35(25(8)50-31)53-27(10)43)21(4)32(18)56-39-36(54-28(11)44)29(41-12)14-19(2)49-39/h18-25,29-36,39,41H,14-17H2,1-13H3/t18-,19+,20-,21+,22+,23+,24+,25-,29-,30-,31-,32-,33-,34-,35-,36+,39-,40+/m0/s1. The molecule has 0 radical (unpaired) electrons. The van der Waals surface area contributed by atoms with Crippen molar-refractivity contribution in [1.29, 1.82) is 0 Å². The maximum atomic E-state index is 14.4. The summed E-state index contributed by atoms with van der Waals surface area (Å²) >= 11 is 0. The lowest BCUT2D eigenvalue weighted by Crippen LogP contribution is -2.58. The highest BCUT2D eigenvalue weighted by atomic mass is 16.7. The number of carbonyl (C=O) groups excluding carboxylic acids is 5. The fourth-order valence-electron chi connectivity index (χ4n) is 8.74. The van der Waals surface area contributed by atoms with Crippen LogP contribution in [0.3, 0.4) is 0 Å². The summed E-state index contributed by atoms with van der Waals surface area (Å²) in [7, 11) is 3.29. The third kappa shape index (κ3) is 10.9. The Morgan fingerprint density at radius 3 is 1.86 bits per heavy atom. The second kappa shape index (κ2) is 19.3. The Balaban J connectivity index is 1.80. The van der Waals surface area contributed by atoms with E-state index in [4.69, 9.17) is 47.4 Å². The van der Waals surface area contributed by atoms with Gasteiger partial charge in [0.25, 0.3) is 0 Å². The van der Waals surface area contributed by atoms with Crippen LogP contribution in [0, 0.1) is 29.6 Å². The molecule has 0 unspecified atom stereocenters. The van der Waals surface area contributed by atoms with Crippen molar-refractivity contribution in [2.45, 2.75) is 175 Å². The normalized spacial score (nSPS) is 43.9. The van der Waals surface area contributed by atoms with Gasteiger partial charge in [-0.3, -0.25) is 24.0 Å². The van der Waals surface area contributed by atoms with E-state index in [9.17, 15) is 24.0 Å². The van der Waals surface area contributed by atoms with Crippen LogP contribution in [0.25, 0.3) is 0 Å². The number of nitrogens with one attached hydrogen (secondary N) is 1. The van der Waals surface area contributed by atoms with Gasteiger partial charge in [-0.05, 0) is 53.5 Å². The average molecular weight is 800 g/mol. The van der Waals surface area contributed by atoms with E-state index in [1.807, 2.05) is 20.8 Å². The lowest BCUT2D eigenvalue weighted by Gasteiger charge is -2.46. The van der Waals surface area contributed by atoms with Gasteiger partial charge in [-0.1, -0.05) is 27.7 Å². The monoisotopic (exact) mass is 799 g/mol. The van der Waals surface area contributed by atoms with Crippen molar-refractivity contribution in [1.82, 2.24) is 5.32 Å². The van der Waals surface area contributed by atoms with Crippen molar-refractivity contribution in [3.05, 3.63) is 0 Å². The maximum Gasteiger partial charge on any atom is 0.311 e. The molecular weight excluding hydrogens is 734 g/mol. The minimum Gasteiger partial charge on any atom is -0.462 e. The fraction of sp³-hybridized carbons (Fsp3) is 0.875. The van der Waals surface area contributed by atoms with Crippen molar-refractivity contribution in [3.63, 3.8) is 0 Å². The van der Waals surface area contributed by atoms with Gasteiger partial charge in [-0.15, -0.1) is 0 Å². The molecular formula is C40H65NO15. The molecule has 16 nitrogen and oxygen atoms in total. The van der Waals surface area contributed by atoms with Gasteiger partial charge < -0.3 is 52.7 Å². The molecule has 0 aromatic carbocycles. The van der Waals surface area contributed by atoms with Crippen molar-refractivity contribution in [2.75, 3.05) is 20.8 Å². The Hall–Kier alpha value is -2.73. The highest BCUT2D eigenvalue weighted by Crippen LogP contribution is 2.44. The molecule has 4 aliphatic heterocycles. The van der Waals surface area contributed by atoms with Crippen LogP contribution in [0.4, 0.5) is 0 Å². The molecule has 0 aliphatic carbocycles. The van der Waals surface area contributed by atoms with E-state index in [1.54, 1.807) is 41.7 Å². The van der Waals surface area contributed by atoms with Crippen LogP contribution in [0.15, 0.2) is 0 Å². The van der Waals surface area contributed by atoms with E-state index in [2.05, 4.69) is 5.32 Å². The number of cyclic esters (lactones) is 1. The molecule has 0 aromatic heterocycles. The zero-order chi connectivity index (χ0) is 41.8. The van der Waals surface area contributed by atoms with Gasteiger partial charge >= 0.3 is 23.9 Å². The Kier molecular flexibility index (Phi) is 15.9. The van der Waals surface area contributed by atoms with Crippen molar-refractivity contribution in [3.8, 4) is 0 Å². The summed E-state index contributed by atoms with van der Waals surface area (Å²) in [5.41, 5.74) is -1.19. The quantitative estimate of drug-likeness (QED) is 0.203. The van der Waals surface area contributed by atoms with E-state index in [0.29, 0.717) is 6.42 Å². The largest absolute Gasteiger partial charge is 0.462 e. The molecule has 4 fully saturated rings. The van der Waals surface area contributed by atoms with Crippen LogP contribution in [-0.2, 0) is 71.3 Å². The molecule has 4 rings (SSSR count). The number of rotatable bonds is 9. The van der Waals surface area contributed by atoms with Crippen LogP contribution in [0.1, 0.15) is 95.4 Å². The molecule has 0 bridgehead atoms. The van der Waals surface area contributed by atoms with Gasteiger partial charge in [-0.2, -0.15) is 0 Å². The van der Waals surface area contributed by atoms with Crippen LogP contribution < -0.4 is 5.32 Å². The first-order valence-electron chi connectivity index (χ1n) is 20.0. The van der Waals surface area contributed by atoms with Crippen LogP contribution in [-0.4, -0.2) is 130 Å². The predicted molar refractivity (Wildman–Crippen MR) is 198 cm³/mol. The van der Waals surface area contributed by atoms with E-state index in [-0.39, 0.29) is 37.4 Å². The molecule has 0 saturated carbocycles. The highest BCUT2D eigenvalue weighted by molar-refractivity contribution is 5.92. The number of carbonyl (C=O) groups is 5. The topological polar surface area (TPSA) is 193 Å². The second-order valence-electron chi connectivity index (χ2n) is 16.4. The van der Waals surface area contributed by atoms with Crippen molar-refractivity contribution < 1.29 is 71.3 Å². The first kappa shape index (κ1) is 46.0. The number of epoxide rings is 1. The molecule has 18 atom stereocenters. The number of ketones is 1. The Morgan fingerprint density at radius 1 is 0.714 bits per heavy atom. The van der Waals surface area contributed by atoms with Crippen LogP contribution in [0.2, 0.25) is 0 Å². The molecule has 320 valence electrons. The van der Waals surface area contributed by atoms with E-state index >= 15 is 0 Å². The third-order valence-electron chi connectivity index (χ3n) is 11.9. The summed E-state index contributed by atoms with van der Waals surface area (Å²) in [6, 6.07) is -0.298. The Morgan fingerprint density at radius 2 is 1.30 bits per heavy atom. The smallest absolute Gasteiger partial charge is 0.311 e. The summed E-state index contributed by atoms with van der Waals surface area (Å²) < 4.78 is 61.2. The summed E-state index contributed by atoms with van der Waals surface area (Å²) in [5.74, 6) is -5.71. The molecule has 1 N–H and O–H groups in total. The first-order valence-corrected chi connectivity index (χ1v) is 20.0. The van der Waals surface area contributed by atoms with Crippen molar-refractivity contribution in [2.24, 2.45) is 29.6 Å². The summed E-state index contributed by atoms with van der Waals surface area (Å²) in [6.07, 6.45) is -7.40. The lowest BCUT2D eigenvalue weighted by molar-refractivity contribution is -0.298. The zero-order valence-corrected chi connectivity index (χ0v) is 35.3. The number of esters is 4. The molecule has 16 heteroatoms. The molecule has 56 heavy (non-hydrogen) atoms. The average Bonchev–Trinajstić information content (AvgIpc) is 3.91. The Labute approximate surface area is 330 Å². The number of methoxy groups -OCH3 is 1. The number of hydrogen-bond acceptors (Lipinski definition) is 16. The van der Waals surface area contributed by atoms with E-state index in [1.165, 1.54) is 27.9 Å². The van der Waals surface area contributed by atoms with E-state index in [0.717, 1.165) is 0 Å². The van der Waals surface area contributed by atoms with Gasteiger partial charge in [0.1, 0.15) is 18.3 Å². The van der Waals surface area contributed by atoms with Crippen molar-refractivity contribution >= 4 is 29.7 Å². The van der Waals surface area contributed by atoms with E-state index < -0.39 is 120 Å². The second-order valence-corrected chi connectivity index (χ2v) is 16.4. The lowest BCUT2D eigenvalue weighted by atomic mass is 9.76. The highest BCUT2D eigenvalue weighted by Gasteiger charge is 2.58. The summed E-state index contributed by atoms with van der Waals surface area (Å²) in [4.78, 5) is 65.2. The molecule has 4 aliphatic rings. The number of likely N-dealkylation sites (N-methyl/N-ethyl adjacent to an activating group) is 1. The third-order valence-corrected chi connectivity index (χ3v) is 11.9. The molecule has 0 amide bonds. The van der Waals surface area contributed by atoms with Crippen LogP contribution >= 0.6 is 0 Å². The number of ether oxygens (including phenoxy) is 10. The Bertz CT molecular complexity index is 1390. The summed E-state index contributed by atoms with van der Waals surface area (Å²) in [6.45, 7) is 18.4. The fourth-order valence-corrected chi connectivity index (χ4v) is 8.74. The minimum atomic E-state index is -1.19. The van der Waals surface area contributed by atoms with Gasteiger partial charge in [0, 0.05) is 46.1 Å². The minimum absolute atomic E-state index is 0.161. The maximum absolute atomic E-state index is 14.4. The predicted octanol–water partition coefficient (Wildman–Crippen LogP) is 3.28. The van der Waals surface area contributed by atoms with Gasteiger partial charge in [0.2, 0.25) is 0 Å². The molecule has 0 aromatic rings. The number of hydrogen-bond donors (Lipinski definition) is 1. The van der Waals surface area contributed by atoms with Gasteiger partial charge in [-0.25, -0.2) is 0 Å². The summed E-state index contributed by atoms with van der Waals surface area (Å²) in [5, 5.41) is 3.23. The first-order chi connectivity index (χ1) is 26.2. The SMILES string of the molecule is CN[C@H]1C[C@@H](C)O[C@@H](O[C@@H]2[C@@H](C)[C@H](O[C@H]3C[C@H](OC)[C@@H](OC(C)=O)[C@H](C)O3)[C@@H](C)C(=O)O[C@H](C)[C@H](C)[C@H](OC(C)=O)[C@@H](C)C(=O)[C@]3(CO3)C[C@@H]2C)[C@@H]1OC(C)=O. The van der Waals surface area contributed by atoms with Gasteiger partial charge in [0.15, 0.2) is 36.2 Å². The molecule has 4 saturated heterocycles. The molecule has 4 heterocycles. The number of Topliss-reactive ketones (excluding diaryl/α,β-unsaturated/α-hetero) is 1.